The maximum atomic E-state index is 12.8. The zero-order valence-corrected chi connectivity index (χ0v) is 18.2. The Bertz CT molecular complexity index is 1070. The number of likely N-dealkylation sites (tertiary alicyclic amines) is 1. The third-order valence-corrected chi connectivity index (χ3v) is 6.69. The third kappa shape index (κ3) is 4.25. The first-order valence-electron chi connectivity index (χ1n) is 11.0. The largest absolute Gasteiger partial charge is 0.360 e. The zero-order valence-electron chi connectivity index (χ0n) is 17.4. The summed E-state index contributed by atoms with van der Waals surface area (Å²) in [6, 6.07) is 8.34. The number of benzene rings is 1. The van der Waals surface area contributed by atoms with Crippen LogP contribution in [-0.2, 0) is 4.79 Å². The molecule has 0 spiro atoms. The molecule has 0 aliphatic carbocycles. The zero-order chi connectivity index (χ0) is 21.2. The highest BCUT2D eigenvalue weighted by Crippen LogP contribution is 2.32. The Labute approximate surface area is 186 Å². The van der Waals surface area contributed by atoms with Gasteiger partial charge in [-0.1, -0.05) is 29.8 Å². The van der Waals surface area contributed by atoms with E-state index >= 15 is 0 Å². The summed E-state index contributed by atoms with van der Waals surface area (Å²) in [4.78, 5) is 27.2. The Balaban J connectivity index is 1.25. The van der Waals surface area contributed by atoms with E-state index in [0.717, 1.165) is 74.0 Å². The average molecular weight is 439 g/mol. The standard InChI is InChI=1S/C23H27ClN6O/c24-19-14-27-23(29-21(19)18-13-26-20-4-2-1-3-17(18)20)28-16-7-11-30(12-8-16)22(31)15-5-9-25-10-6-15/h1-4,13-16,25-26H,5-12H2,(H,27,28,29). The van der Waals surface area contributed by atoms with Gasteiger partial charge in [-0.15, -0.1) is 0 Å². The highest BCUT2D eigenvalue weighted by molar-refractivity contribution is 6.33. The van der Waals surface area contributed by atoms with Gasteiger partial charge in [0.05, 0.1) is 16.9 Å². The van der Waals surface area contributed by atoms with Gasteiger partial charge in [0.1, 0.15) is 0 Å². The number of aromatic nitrogens is 3. The Morgan fingerprint density at radius 1 is 1.13 bits per heavy atom. The molecule has 2 fully saturated rings. The number of carbonyl (C=O) groups excluding carboxylic acids is 1. The van der Waals surface area contributed by atoms with Crippen LogP contribution in [0.2, 0.25) is 5.02 Å². The second-order valence-electron chi connectivity index (χ2n) is 8.41. The molecule has 0 saturated carbocycles. The van der Waals surface area contributed by atoms with Crippen molar-refractivity contribution >= 4 is 34.4 Å². The molecule has 3 aromatic rings. The fourth-order valence-electron chi connectivity index (χ4n) is 4.65. The van der Waals surface area contributed by atoms with Crippen LogP contribution in [0.1, 0.15) is 25.7 Å². The molecule has 5 rings (SSSR count). The molecule has 3 N–H and O–H groups in total. The smallest absolute Gasteiger partial charge is 0.225 e. The van der Waals surface area contributed by atoms with Crippen molar-refractivity contribution in [2.45, 2.75) is 31.7 Å². The van der Waals surface area contributed by atoms with E-state index < -0.39 is 0 Å². The number of amides is 1. The summed E-state index contributed by atoms with van der Waals surface area (Å²) in [6.07, 6.45) is 7.28. The van der Waals surface area contributed by atoms with Crippen molar-refractivity contribution in [3.05, 3.63) is 41.7 Å². The number of hydrogen-bond acceptors (Lipinski definition) is 5. The highest BCUT2D eigenvalue weighted by Gasteiger charge is 2.29. The number of fused-ring (bicyclic) bond motifs is 1. The van der Waals surface area contributed by atoms with E-state index in [1.165, 1.54) is 0 Å². The molecule has 162 valence electrons. The fourth-order valence-corrected chi connectivity index (χ4v) is 4.84. The molecular formula is C23H27ClN6O. The van der Waals surface area contributed by atoms with Crippen molar-refractivity contribution in [3.8, 4) is 11.3 Å². The number of rotatable bonds is 4. The second kappa shape index (κ2) is 8.85. The first-order chi connectivity index (χ1) is 15.2. The van der Waals surface area contributed by atoms with E-state index in [4.69, 9.17) is 16.6 Å². The molecule has 31 heavy (non-hydrogen) atoms. The molecule has 2 aromatic heterocycles. The Hall–Kier alpha value is -2.64. The Kier molecular flexibility index (Phi) is 5.78. The molecule has 0 radical (unpaired) electrons. The summed E-state index contributed by atoms with van der Waals surface area (Å²) < 4.78 is 0. The van der Waals surface area contributed by atoms with Crippen LogP contribution in [0.3, 0.4) is 0 Å². The number of nitrogens with zero attached hydrogens (tertiary/aromatic N) is 3. The number of nitrogens with one attached hydrogen (secondary N) is 3. The molecule has 1 amide bonds. The lowest BCUT2D eigenvalue weighted by Gasteiger charge is -2.35. The van der Waals surface area contributed by atoms with E-state index in [1.54, 1.807) is 6.20 Å². The predicted molar refractivity (Wildman–Crippen MR) is 123 cm³/mol. The van der Waals surface area contributed by atoms with Crippen LogP contribution in [0, 0.1) is 5.92 Å². The molecule has 2 aliphatic heterocycles. The Morgan fingerprint density at radius 3 is 2.71 bits per heavy atom. The topological polar surface area (TPSA) is 85.9 Å². The first-order valence-corrected chi connectivity index (χ1v) is 11.4. The lowest BCUT2D eigenvalue weighted by atomic mass is 9.95. The van der Waals surface area contributed by atoms with Gasteiger partial charge in [-0.3, -0.25) is 4.79 Å². The van der Waals surface area contributed by atoms with E-state index in [-0.39, 0.29) is 12.0 Å². The number of aromatic amines is 1. The third-order valence-electron chi connectivity index (χ3n) is 6.42. The van der Waals surface area contributed by atoms with E-state index in [1.807, 2.05) is 29.3 Å². The van der Waals surface area contributed by atoms with Crippen LogP contribution >= 0.6 is 11.6 Å². The van der Waals surface area contributed by atoms with Crippen LogP contribution < -0.4 is 10.6 Å². The van der Waals surface area contributed by atoms with Crippen molar-refractivity contribution in [2.24, 2.45) is 5.92 Å². The van der Waals surface area contributed by atoms with E-state index in [0.29, 0.717) is 16.9 Å². The van der Waals surface area contributed by atoms with Crippen molar-refractivity contribution < 1.29 is 4.79 Å². The van der Waals surface area contributed by atoms with Crippen molar-refractivity contribution in [3.63, 3.8) is 0 Å². The van der Waals surface area contributed by atoms with Gasteiger partial charge in [-0.25, -0.2) is 9.97 Å². The fraction of sp³-hybridized carbons (Fsp3) is 0.435. The highest BCUT2D eigenvalue weighted by atomic mass is 35.5. The van der Waals surface area contributed by atoms with Crippen molar-refractivity contribution in [1.82, 2.24) is 25.2 Å². The monoisotopic (exact) mass is 438 g/mol. The molecule has 1 aromatic carbocycles. The van der Waals surface area contributed by atoms with Gasteiger partial charge in [0.25, 0.3) is 0 Å². The summed E-state index contributed by atoms with van der Waals surface area (Å²) in [7, 11) is 0. The van der Waals surface area contributed by atoms with E-state index in [2.05, 4.69) is 26.7 Å². The molecule has 8 heteroatoms. The van der Waals surface area contributed by atoms with Gasteiger partial charge in [0.15, 0.2) is 0 Å². The van der Waals surface area contributed by atoms with Gasteiger partial charge >= 0.3 is 0 Å². The van der Waals surface area contributed by atoms with Gasteiger partial charge in [0, 0.05) is 47.7 Å². The number of hydrogen-bond donors (Lipinski definition) is 3. The quantitative estimate of drug-likeness (QED) is 0.578. The summed E-state index contributed by atoms with van der Waals surface area (Å²) in [6.45, 7) is 3.45. The summed E-state index contributed by atoms with van der Waals surface area (Å²) >= 11 is 6.44. The molecule has 0 atom stereocenters. The van der Waals surface area contributed by atoms with Crippen LogP contribution in [0.15, 0.2) is 36.7 Å². The predicted octanol–water partition coefficient (Wildman–Crippen LogP) is 3.68. The van der Waals surface area contributed by atoms with Gasteiger partial charge in [-0.05, 0) is 44.8 Å². The lowest BCUT2D eigenvalue weighted by Crippen LogP contribution is -2.46. The SMILES string of the molecule is O=C(C1CCNCC1)N1CCC(Nc2ncc(Cl)c(-c3c[nH]c4ccccc34)n2)CC1. The molecule has 7 nitrogen and oxygen atoms in total. The number of halogens is 1. The Morgan fingerprint density at radius 2 is 1.90 bits per heavy atom. The molecule has 0 unspecified atom stereocenters. The molecule has 2 aliphatic rings. The maximum absolute atomic E-state index is 12.8. The van der Waals surface area contributed by atoms with Crippen LogP contribution in [0.4, 0.5) is 5.95 Å². The molecule has 0 bridgehead atoms. The molecular weight excluding hydrogens is 412 g/mol. The number of carbonyl (C=O) groups is 1. The van der Waals surface area contributed by atoms with Gasteiger partial charge in [0.2, 0.25) is 11.9 Å². The minimum atomic E-state index is 0.184. The van der Waals surface area contributed by atoms with Gasteiger partial charge < -0.3 is 20.5 Å². The molecule has 4 heterocycles. The number of H-pyrrole nitrogens is 1. The van der Waals surface area contributed by atoms with Crippen molar-refractivity contribution in [2.75, 3.05) is 31.5 Å². The molecule has 2 saturated heterocycles. The number of piperidine rings is 2. The summed E-state index contributed by atoms with van der Waals surface area (Å²) in [5, 5.41) is 8.40. The maximum Gasteiger partial charge on any atom is 0.225 e. The minimum absolute atomic E-state index is 0.184. The van der Waals surface area contributed by atoms with Crippen LogP contribution in [0.5, 0.6) is 0 Å². The van der Waals surface area contributed by atoms with Crippen molar-refractivity contribution in [1.29, 1.82) is 0 Å². The van der Waals surface area contributed by atoms with Gasteiger partial charge in [-0.2, -0.15) is 0 Å². The summed E-state index contributed by atoms with van der Waals surface area (Å²) in [5.74, 6) is 1.08. The van der Waals surface area contributed by atoms with Crippen LogP contribution in [-0.4, -0.2) is 58.0 Å². The van der Waals surface area contributed by atoms with Crippen LogP contribution in [0.25, 0.3) is 22.2 Å². The minimum Gasteiger partial charge on any atom is -0.360 e. The van der Waals surface area contributed by atoms with E-state index in [9.17, 15) is 4.79 Å². The first kappa shape index (κ1) is 20.3. The number of para-hydroxylation sites is 1. The summed E-state index contributed by atoms with van der Waals surface area (Å²) in [5.41, 5.74) is 2.73. The second-order valence-corrected chi connectivity index (χ2v) is 8.81. The lowest BCUT2D eigenvalue weighted by molar-refractivity contribution is -0.137. The average Bonchev–Trinajstić information content (AvgIpc) is 3.25. The number of anilines is 1. The normalized spacial score (nSPS) is 18.4.